The predicted molar refractivity (Wildman–Crippen MR) is 131 cm³/mol. The third-order valence-electron chi connectivity index (χ3n) is 4.69. The van der Waals surface area contributed by atoms with Crippen molar-refractivity contribution in [1.29, 1.82) is 0 Å². The van der Waals surface area contributed by atoms with E-state index in [1.165, 1.54) is 38.1 Å². The molecule has 3 N–H and O–H groups in total. The Hall–Kier alpha value is -3.16. The van der Waals surface area contributed by atoms with E-state index in [-0.39, 0.29) is 5.75 Å². The molecule has 1 aromatic heterocycles. The number of aromatic nitrogens is 2. The Labute approximate surface area is 215 Å². The number of nitrogens with zero attached hydrogens (tertiary/aromatic N) is 4. The first-order chi connectivity index (χ1) is 17.5. The molecule has 2 aromatic rings. The van der Waals surface area contributed by atoms with Crippen LogP contribution in [0.5, 0.6) is 5.75 Å². The molecule has 1 aromatic carbocycles. The molecular formula is C20H26ClN6O9P. The van der Waals surface area contributed by atoms with Gasteiger partial charge in [0.15, 0.2) is 0 Å². The summed E-state index contributed by atoms with van der Waals surface area (Å²) in [5, 5.41) is 16.5. The number of nitrogens with one attached hydrogen (secondary N) is 2. The van der Waals surface area contributed by atoms with Crippen LogP contribution in [0.1, 0.15) is 20.1 Å². The molecule has 2 rings (SSSR count). The number of esters is 1. The zero-order valence-corrected chi connectivity index (χ0v) is 21.7. The molecule has 0 saturated carbocycles. The maximum Gasteiger partial charge on any atom is 0.459 e. The van der Waals surface area contributed by atoms with Crippen LogP contribution >= 0.6 is 19.3 Å². The van der Waals surface area contributed by atoms with Crippen LogP contribution in [0.15, 0.2) is 51.2 Å². The molecule has 0 aliphatic rings. The number of methoxy groups -OCH3 is 1. The van der Waals surface area contributed by atoms with E-state index < -0.39 is 62.6 Å². The molecule has 2 unspecified atom stereocenters. The smallest absolute Gasteiger partial charge is 0.459 e. The molecule has 0 bridgehead atoms. The average molecular weight is 561 g/mol. The number of aromatic amines is 1. The van der Waals surface area contributed by atoms with E-state index in [0.717, 1.165) is 23.9 Å². The Morgan fingerprint density at radius 3 is 2.54 bits per heavy atom. The number of carbonyl (C=O) groups is 1. The second-order valence-corrected chi connectivity index (χ2v) is 9.64. The molecule has 15 nitrogen and oxygen atoms in total. The van der Waals surface area contributed by atoms with Crippen molar-refractivity contribution in [3.05, 3.63) is 72.8 Å². The lowest BCUT2D eigenvalue weighted by atomic mass is 10.2. The fourth-order valence-corrected chi connectivity index (χ4v) is 4.44. The standard InChI is InChI=1S/C20H26ClN6O9P/c1-12(19(30)33-3)25-37(32,36-15-6-4-14(21)5-7-15)34-11-16(13(2)28)35-18(10-23-26-22)27-9-8-17(29)24-20(27)31/h4-9,12-13,16,18,28H,10-11H2,1-3H3,(H,25,32)(H,24,29,31)/t12-,13?,16+,18+,37?/m0/s1. The number of ether oxygens (including phenoxy) is 2. The molecule has 37 heavy (non-hydrogen) atoms. The van der Waals surface area contributed by atoms with Crippen LogP contribution in [0.4, 0.5) is 0 Å². The summed E-state index contributed by atoms with van der Waals surface area (Å²) in [6.07, 6.45) is -2.67. The van der Waals surface area contributed by atoms with E-state index in [9.17, 15) is 24.1 Å². The summed E-state index contributed by atoms with van der Waals surface area (Å²) in [6, 6.07) is 5.73. The van der Waals surface area contributed by atoms with Gasteiger partial charge in [0, 0.05) is 22.2 Å². The summed E-state index contributed by atoms with van der Waals surface area (Å²) < 4.78 is 35.9. The first-order valence-electron chi connectivity index (χ1n) is 10.7. The largest absolute Gasteiger partial charge is 0.468 e. The van der Waals surface area contributed by atoms with E-state index in [0.29, 0.717) is 5.02 Å². The number of benzene rings is 1. The molecule has 202 valence electrons. The summed E-state index contributed by atoms with van der Waals surface area (Å²) in [7, 11) is -3.16. The van der Waals surface area contributed by atoms with Crippen molar-refractivity contribution in [1.82, 2.24) is 14.6 Å². The fraction of sp³-hybridized carbons (Fsp3) is 0.450. The number of halogens is 1. The Morgan fingerprint density at radius 2 is 1.97 bits per heavy atom. The number of H-pyrrole nitrogens is 1. The fourth-order valence-electron chi connectivity index (χ4n) is 2.81. The summed E-state index contributed by atoms with van der Waals surface area (Å²) in [4.78, 5) is 40.2. The molecular weight excluding hydrogens is 535 g/mol. The van der Waals surface area contributed by atoms with Crippen LogP contribution in [-0.4, -0.2) is 59.1 Å². The highest BCUT2D eigenvalue weighted by Gasteiger charge is 2.34. The Kier molecular flexibility index (Phi) is 11.3. The van der Waals surface area contributed by atoms with E-state index in [4.69, 9.17) is 30.9 Å². The number of azide groups is 1. The van der Waals surface area contributed by atoms with Gasteiger partial charge in [-0.2, -0.15) is 5.09 Å². The molecule has 0 aliphatic carbocycles. The van der Waals surface area contributed by atoms with Gasteiger partial charge < -0.3 is 19.1 Å². The van der Waals surface area contributed by atoms with Gasteiger partial charge in [0.1, 0.15) is 24.1 Å². The van der Waals surface area contributed by atoms with E-state index in [2.05, 4.69) is 19.9 Å². The summed E-state index contributed by atoms with van der Waals surface area (Å²) in [5.74, 6) is -0.661. The van der Waals surface area contributed by atoms with Gasteiger partial charge in [-0.05, 0) is 43.6 Å². The van der Waals surface area contributed by atoms with Crippen LogP contribution in [0.2, 0.25) is 5.02 Å². The van der Waals surface area contributed by atoms with Crippen molar-refractivity contribution in [3.63, 3.8) is 0 Å². The van der Waals surface area contributed by atoms with Gasteiger partial charge in [0.2, 0.25) is 0 Å². The highest BCUT2D eigenvalue weighted by Crippen LogP contribution is 2.45. The monoisotopic (exact) mass is 560 g/mol. The van der Waals surface area contributed by atoms with Crippen LogP contribution in [-0.2, 0) is 23.4 Å². The second kappa shape index (κ2) is 14.0. The van der Waals surface area contributed by atoms with E-state index in [1.54, 1.807) is 0 Å². The minimum absolute atomic E-state index is 0.0906. The van der Waals surface area contributed by atoms with Gasteiger partial charge in [-0.15, -0.1) is 0 Å². The maximum absolute atomic E-state index is 13.5. The molecule has 5 atom stereocenters. The molecule has 0 spiro atoms. The Balaban J connectivity index is 2.30. The number of aliphatic hydroxyl groups excluding tert-OH is 1. The molecule has 0 amide bonds. The lowest BCUT2D eigenvalue weighted by molar-refractivity contribution is -0.142. The Bertz CT molecular complexity index is 1260. The maximum atomic E-state index is 13.5. The molecule has 0 saturated heterocycles. The highest BCUT2D eigenvalue weighted by molar-refractivity contribution is 7.52. The van der Waals surface area contributed by atoms with Crippen LogP contribution in [0.25, 0.3) is 10.4 Å². The third kappa shape index (κ3) is 9.34. The number of carbonyl (C=O) groups excluding carboxylic acids is 1. The van der Waals surface area contributed by atoms with Gasteiger partial charge in [0.25, 0.3) is 5.56 Å². The highest BCUT2D eigenvalue weighted by atomic mass is 35.5. The number of rotatable bonds is 14. The molecule has 1 heterocycles. The first-order valence-corrected chi connectivity index (χ1v) is 12.6. The van der Waals surface area contributed by atoms with Crippen molar-refractivity contribution in [2.24, 2.45) is 5.11 Å². The third-order valence-corrected chi connectivity index (χ3v) is 6.58. The molecule has 0 fully saturated rings. The zero-order chi connectivity index (χ0) is 27.6. The normalized spacial score (nSPS) is 15.9. The topological polar surface area (TPSA) is 207 Å². The van der Waals surface area contributed by atoms with Crippen molar-refractivity contribution in [2.45, 2.75) is 38.3 Å². The first kappa shape index (κ1) is 30.1. The van der Waals surface area contributed by atoms with Gasteiger partial charge in [-0.25, -0.2) is 9.36 Å². The minimum Gasteiger partial charge on any atom is -0.468 e. The average Bonchev–Trinajstić information content (AvgIpc) is 2.84. The van der Waals surface area contributed by atoms with Crippen LogP contribution in [0.3, 0.4) is 0 Å². The summed E-state index contributed by atoms with van der Waals surface area (Å²) in [6.45, 7) is 1.73. The SMILES string of the molecule is COC(=O)[C@H](C)NP(=O)(OC[C@@H](O[C@H](CN=[N+]=[N-])n1ccc(=O)[nH]c1=O)C(C)O)Oc1ccc(Cl)cc1. The van der Waals surface area contributed by atoms with Crippen molar-refractivity contribution < 1.29 is 33.0 Å². The van der Waals surface area contributed by atoms with Crippen LogP contribution in [0, 0.1) is 0 Å². The van der Waals surface area contributed by atoms with Crippen LogP contribution < -0.4 is 20.9 Å². The van der Waals surface area contributed by atoms with Crippen molar-refractivity contribution in [2.75, 3.05) is 20.3 Å². The quantitative estimate of drug-likeness (QED) is 0.101. The Morgan fingerprint density at radius 1 is 1.30 bits per heavy atom. The number of aliphatic hydroxyl groups is 1. The predicted octanol–water partition coefficient (Wildman–Crippen LogP) is 2.12. The molecule has 0 aliphatic heterocycles. The lowest BCUT2D eigenvalue weighted by Crippen LogP contribution is -2.40. The van der Waals surface area contributed by atoms with E-state index in [1.807, 2.05) is 4.98 Å². The molecule has 17 heteroatoms. The van der Waals surface area contributed by atoms with Crippen molar-refractivity contribution >= 4 is 25.3 Å². The molecule has 0 radical (unpaired) electrons. The van der Waals surface area contributed by atoms with Gasteiger partial charge in [-0.1, -0.05) is 16.7 Å². The van der Waals surface area contributed by atoms with Gasteiger partial charge in [0.05, 0.1) is 26.4 Å². The van der Waals surface area contributed by atoms with Gasteiger partial charge >= 0.3 is 19.4 Å². The minimum atomic E-state index is -4.31. The lowest BCUT2D eigenvalue weighted by Gasteiger charge is -2.29. The number of hydrogen-bond donors (Lipinski definition) is 3. The summed E-state index contributed by atoms with van der Waals surface area (Å²) in [5.41, 5.74) is 7.19. The van der Waals surface area contributed by atoms with E-state index >= 15 is 0 Å². The van der Waals surface area contributed by atoms with Crippen molar-refractivity contribution in [3.8, 4) is 5.75 Å². The summed E-state index contributed by atoms with van der Waals surface area (Å²) >= 11 is 5.87. The van der Waals surface area contributed by atoms with Gasteiger partial charge in [-0.3, -0.25) is 23.7 Å². The number of hydrogen-bond acceptors (Lipinski definition) is 10. The second-order valence-electron chi connectivity index (χ2n) is 7.51. The zero-order valence-electron chi connectivity index (χ0n) is 20.0.